The first kappa shape index (κ1) is 10.7. The van der Waals surface area contributed by atoms with Crippen molar-refractivity contribution in [3.63, 3.8) is 0 Å². The summed E-state index contributed by atoms with van der Waals surface area (Å²) >= 11 is 0. The van der Waals surface area contributed by atoms with Crippen LogP contribution in [0.5, 0.6) is 0 Å². The van der Waals surface area contributed by atoms with Gasteiger partial charge in [0.15, 0.2) is 0 Å². The van der Waals surface area contributed by atoms with Gasteiger partial charge in [0.1, 0.15) is 5.82 Å². The molecule has 1 heterocycles. The van der Waals surface area contributed by atoms with Gasteiger partial charge in [-0.3, -0.25) is 0 Å². The number of nitrogens with zero attached hydrogens (tertiary/aromatic N) is 1. The third-order valence-electron chi connectivity index (χ3n) is 2.71. The summed E-state index contributed by atoms with van der Waals surface area (Å²) in [6.45, 7) is 1.43. The van der Waals surface area contributed by atoms with Crippen molar-refractivity contribution in [2.45, 2.75) is 12.5 Å². The minimum Gasteiger partial charge on any atom is -0.465 e. The molecule has 1 amide bonds. The van der Waals surface area contributed by atoms with Crippen molar-refractivity contribution in [3.05, 3.63) is 30.1 Å². The van der Waals surface area contributed by atoms with E-state index >= 15 is 0 Å². The van der Waals surface area contributed by atoms with E-state index in [0.717, 1.165) is 18.7 Å². The van der Waals surface area contributed by atoms with Crippen molar-refractivity contribution in [2.75, 3.05) is 18.0 Å². The zero-order valence-electron chi connectivity index (χ0n) is 8.69. The van der Waals surface area contributed by atoms with E-state index in [9.17, 15) is 9.18 Å². The molecule has 2 rings (SSSR count). The van der Waals surface area contributed by atoms with E-state index in [0.29, 0.717) is 6.54 Å². The zero-order valence-corrected chi connectivity index (χ0v) is 8.69. The van der Waals surface area contributed by atoms with Gasteiger partial charge in [0.05, 0.1) is 6.04 Å². The topological polar surface area (TPSA) is 52.6 Å². The van der Waals surface area contributed by atoms with Crippen molar-refractivity contribution < 1.29 is 14.3 Å². The number of carboxylic acid groups (broad SMARTS) is 1. The Balaban J connectivity index is 1.98. The normalized spacial score (nSPS) is 19.8. The van der Waals surface area contributed by atoms with Crippen molar-refractivity contribution >= 4 is 11.8 Å². The Morgan fingerprint density at radius 1 is 1.44 bits per heavy atom. The number of anilines is 1. The standard InChI is InChI=1S/C11H13FN2O2/c12-8-1-3-10(4-2-8)14-6-5-9(7-14)13-11(15)16/h1-4,9,13H,5-7H2,(H,15,16)/t9-/m0/s1. The molecule has 0 radical (unpaired) electrons. The van der Waals surface area contributed by atoms with E-state index in [1.54, 1.807) is 12.1 Å². The van der Waals surface area contributed by atoms with Crippen LogP contribution in [0.3, 0.4) is 0 Å². The Bertz CT molecular complexity index is 380. The number of halogens is 1. The molecule has 1 aliphatic heterocycles. The average Bonchev–Trinajstić information content (AvgIpc) is 2.66. The van der Waals surface area contributed by atoms with Gasteiger partial charge in [-0.1, -0.05) is 0 Å². The summed E-state index contributed by atoms with van der Waals surface area (Å²) in [5.74, 6) is -0.261. The lowest BCUT2D eigenvalue weighted by Crippen LogP contribution is -2.36. The molecular weight excluding hydrogens is 211 g/mol. The molecule has 0 bridgehead atoms. The Morgan fingerprint density at radius 2 is 2.12 bits per heavy atom. The molecule has 0 saturated carbocycles. The lowest BCUT2D eigenvalue weighted by atomic mass is 10.3. The molecule has 16 heavy (non-hydrogen) atoms. The van der Waals surface area contributed by atoms with E-state index in [2.05, 4.69) is 5.32 Å². The first-order valence-electron chi connectivity index (χ1n) is 5.15. The second-order valence-corrected chi connectivity index (χ2v) is 3.86. The van der Waals surface area contributed by atoms with Crippen LogP contribution in [0.25, 0.3) is 0 Å². The molecule has 86 valence electrons. The van der Waals surface area contributed by atoms with Crippen LogP contribution in [0.2, 0.25) is 0 Å². The quantitative estimate of drug-likeness (QED) is 0.803. The van der Waals surface area contributed by atoms with Gasteiger partial charge in [-0.05, 0) is 30.7 Å². The third kappa shape index (κ3) is 2.42. The molecular formula is C11H13FN2O2. The van der Waals surface area contributed by atoms with Gasteiger partial charge >= 0.3 is 6.09 Å². The number of hydrogen-bond donors (Lipinski definition) is 2. The van der Waals surface area contributed by atoms with Crippen LogP contribution in [-0.2, 0) is 0 Å². The van der Waals surface area contributed by atoms with Gasteiger partial charge < -0.3 is 15.3 Å². The molecule has 5 heteroatoms. The number of nitrogens with one attached hydrogen (secondary N) is 1. The number of benzene rings is 1. The summed E-state index contributed by atoms with van der Waals surface area (Å²) in [7, 11) is 0. The Morgan fingerprint density at radius 3 is 2.75 bits per heavy atom. The van der Waals surface area contributed by atoms with Crippen molar-refractivity contribution in [1.82, 2.24) is 5.32 Å². The van der Waals surface area contributed by atoms with Gasteiger partial charge in [-0.15, -0.1) is 0 Å². The maximum Gasteiger partial charge on any atom is 0.404 e. The van der Waals surface area contributed by atoms with Crippen LogP contribution in [-0.4, -0.2) is 30.3 Å². The second kappa shape index (κ2) is 4.38. The smallest absolute Gasteiger partial charge is 0.404 e. The average molecular weight is 224 g/mol. The van der Waals surface area contributed by atoms with Crippen molar-refractivity contribution in [1.29, 1.82) is 0 Å². The van der Waals surface area contributed by atoms with E-state index in [-0.39, 0.29) is 11.9 Å². The SMILES string of the molecule is O=C(O)N[C@H]1CCN(c2ccc(F)cc2)C1. The van der Waals surface area contributed by atoms with Crippen LogP contribution < -0.4 is 10.2 Å². The number of amides is 1. The van der Waals surface area contributed by atoms with Crippen LogP contribution in [0.4, 0.5) is 14.9 Å². The summed E-state index contributed by atoms with van der Waals surface area (Å²) in [6.07, 6.45) is -0.213. The van der Waals surface area contributed by atoms with Gasteiger partial charge in [-0.2, -0.15) is 0 Å². The fraction of sp³-hybridized carbons (Fsp3) is 0.364. The minimum absolute atomic E-state index is 0.0393. The maximum absolute atomic E-state index is 12.7. The fourth-order valence-corrected chi connectivity index (χ4v) is 1.94. The molecule has 0 spiro atoms. The van der Waals surface area contributed by atoms with E-state index in [1.165, 1.54) is 12.1 Å². The first-order chi connectivity index (χ1) is 7.65. The minimum atomic E-state index is -0.994. The molecule has 0 aromatic heterocycles. The van der Waals surface area contributed by atoms with Crippen LogP contribution in [0.15, 0.2) is 24.3 Å². The van der Waals surface area contributed by atoms with Crippen LogP contribution in [0, 0.1) is 5.82 Å². The molecule has 0 unspecified atom stereocenters. The third-order valence-corrected chi connectivity index (χ3v) is 2.71. The predicted octanol–water partition coefficient (Wildman–Crippen LogP) is 1.67. The maximum atomic E-state index is 12.7. The van der Waals surface area contributed by atoms with Gasteiger partial charge in [0.25, 0.3) is 0 Å². The summed E-state index contributed by atoms with van der Waals surface area (Å²) in [4.78, 5) is 12.5. The number of carbonyl (C=O) groups is 1. The molecule has 0 aliphatic carbocycles. The predicted molar refractivity (Wildman–Crippen MR) is 58.2 cm³/mol. The Labute approximate surface area is 92.7 Å². The highest BCUT2D eigenvalue weighted by Crippen LogP contribution is 2.20. The van der Waals surface area contributed by atoms with Gasteiger partial charge in [-0.25, -0.2) is 9.18 Å². The molecule has 1 saturated heterocycles. The van der Waals surface area contributed by atoms with E-state index in [1.807, 2.05) is 4.90 Å². The number of rotatable bonds is 2. The van der Waals surface area contributed by atoms with Crippen molar-refractivity contribution in [3.8, 4) is 0 Å². The highest BCUT2D eigenvalue weighted by atomic mass is 19.1. The van der Waals surface area contributed by atoms with Crippen molar-refractivity contribution in [2.24, 2.45) is 0 Å². The lowest BCUT2D eigenvalue weighted by molar-refractivity contribution is 0.191. The summed E-state index contributed by atoms with van der Waals surface area (Å²) < 4.78 is 12.7. The summed E-state index contributed by atoms with van der Waals surface area (Å²) in [5.41, 5.74) is 0.927. The Hall–Kier alpha value is -1.78. The van der Waals surface area contributed by atoms with Gasteiger partial charge in [0.2, 0.25) is 0 Å². The molecule has 1 fully saturated rings. The van der Waals surface area contributed by atoms with Gasteiger partial charge in [0, 0.05) is 18.8 Å². The highest BCUT2D eigenvalue weighted by Gasteiger charge is 2.23. The zero-order chi connectivity index (χ0) is 11.5. The molecule has 2 N–H and O–H groups in total. The monoisotopic (exact) mass is 224 g/mol. The Kier molecular flexibility index (Phi) is 2.94. The first-order valence-corrected chi connectivity index (χ1v) is 5.15. The lowest BCUT2D eigenvalue weighted by Gasteiger charge is -2.18. The summed E-state index contributed by atoms with van der Waals surface area (Å²) in [6, 6.07) is 6.19. The molecule has 1 aromatic rings. The van der Waals surface area contributed by atoms with E-state index < -0.39 is 6.09 Å². The number of hydrogen-bond acceptors (Lipinski definition) is 2. The molecule has 4 nitrogen and oxygen atoms in total. The molecule has 1 aromatic carbocycles. The highest BCUT2D eigenvalue weighted by molar-refractivity contribution is 5.65. The molecule has 1 aliphatic rings. The fourth-order valence-electron chi connectivity index (χ4n) is 1.94. The van der Waals surface area contributed by atoms with Crippen LogP contribution in [0.1, 0.15) is 6.42 Å². The van der Waals surface area contributed by atoms with E-state index in [4.69, 9.17) is 5.11 Å². The summed E-state index contributed by atoms with van der Waals surface area (Å²) in [5, 5.41) is 11.0. The van der Waals surface area contributed by atoms with Crippen LogP contribution >= 0.6 is 0 Å². The second-order valence-electron chi connectivity index (χ2n) is 3.86. The largest absolute Gasteiger partial charge is 0.465 e. The molecule has 1 atom stereocenters.